The van der Waals surface area contributed by atoms with Gasteiger partial charge in [-0.15, -0.1) is 0 Å². The summed E-state index contributed by atoms with van der Waals surface area (Å²) >= 11 is 0.489. The molecule has 0 aromatic heterocycles. The Morgan fingerprint density at radius 1 is 0.645 bits per heavy atom. The molecule has 0 spiro atoms. The molecule has 0 radical (unpaired) electrons. The van der Waals surface area contributed by atoms with Gasteiger partial charge in [0.05, 0.1) is 4.90 Å². The van der Waals surface area contributed by atoms with Crippen molar-refractivity contribution in [1.82, 2.24) is 0 Å². The molecule has 0 fully saturated rings. The van der Waals surface area contributed by atoms with Gasteiger partial charge in [-0.2, -0.15) is 5.26 Å². The maximum atomic E-state index is 14.2. The van der Waals surface area contributed by atoms with Crippen molar-refractivity contribution in [1.29, 1.82) is 5.26 Å². The molecule has 0 saturated carbocycles. The molecule has 0 saturated heterocycles. The van der Waals surface area contributed by atoms with E-state index >= 15 is 0 Å². The Hall–Kier alpha value is -3.42. The molecule has 0 bridgehead atoms. The number of benzene rings is 4. The van der Waals surface area contributed by atoms with E-state index < -0.39 is 11.6 Å². The first-order chi connectivity index (χ1) is 15.0. The van der Waals surface area contributed by atoms with Gasteiger partial charge in [0.2, 0.25) is 0 Å². The fourth-order valence-electron chi connectivity index (χ4n) is 3.63. The Balaban J connectivity index is 1.63. The van der Waals surface area contributed by atoms with Crippen molar-refractivity contribution in [2.75, 3.05) is 0 Å². The predicted molar refractivity (Wildman–Crippen MR) is 124 cm³/mol. The number of halogens is 2. The highest BCUT2D eigenvalue weighted by Crippen LogP contribution is 2.33. The summed E-state index contributed by atoms with van der Waals surface area (Å²) in [6.45, 7) is 4.15. The third-order valence-corrected chi connectivity index (χ3v) is 5.97. The van der Waals surface area contributed by atoms with Crippen LogP contribution in [0.15, 0.2) is 83.8 Å². The monoisotopic (exact) mass is 427 g/mol. The summed E-state index contributed by atoms with van der Waals surface area (Å²) in [6, 6.07) is 25.0. The van der Waals surface area contributed by atoms with Crippen molar-refractivity contribution < 1.29 is 8.78 Å². The lowest BCUT2D eigenvalue weighted by Gasteiger charge is -2.11. The standard InChI is InChI=1S/C27H19F2NS/c1-17-3-5-19(6-4-17)22-11-12-24(18(2)13-22)21-9-7-20(8-10-21)23-14-25(28)27(31-16-30)26(29)15-23/h3-15H,1-2H3. The Bertz CT molecular complexity index is 1260. The van der Waals surface area contributed by atoms with Gasteiger partial charge in [0, 0.05) is 0 Å². The number of thioether (sulfide) groups is 1. The number of rotatable bonds is 4. The van der Waals surface area contributed by atoms with E-state index in [4.69, 9.17) is 5.26 Å². The zero-order valence-corrected chi connectivity index (χ0v) is 17.9. The molecule has 4 heteroatoms. The van der Waals surface area contributed by atoms with E-state index in [9.17, 15) is 8.78 Å². The highest BCUT2D eigenvalue weighted by atomic mass is 32.2. The summed E-state index contributed by atoms with van der Waals surface area (Å²) in [6.07, 6.45) is 0. The molecule has 0 aliphatic rings. The number of thiocyanates is 1. The molecular formula is C27H19F2NS. The summed E-state index contributed by atoms with van der Waals surface area (Å²) in [5, 5.41) is 10.4. The van der Waals surface area contributed by atoms with Crippen molar-refractivity contribution in [3.05, 3.63) is 102 Å². The van der Waals surface area contributed by atoms with Crippen LogP contribution < -0.4 is 0 Å². The number of hydrogen-bond acceptors (Lipinski definition) is 2. The fraction of sp³-hybridized carbons (Fsp3) is 0.0741. The Morgan fingerprint density at radius 3 is 1.74 bits per heavy atom. The molecule has 1 nitrogen and oxygen atoms in total. The lowest BCUT2D eigenvalue weighted by Crippen LogP contribution is -1.90. The molecule has 0 N–H and O–H groups in total. The van der Waals surface area contributed by atoms with Crippen LogP contribution in [-0.2, 0) is 0 Å². The van der Waals surface area contributed by atoms with E-state index in [1.165, 1.54) is 28.8 Å². The highest BCUT2D eigenvalue weighted by molar-refractivity contribution is 8.03. The zero-order chi connectivity index (χ0) is 22.0. The average molecular weight is 428 g/mol. The smallest absolute Gasteiger partial charge is 0.141 e. The van der Waals surface area contributed by atoms with Gasteiger partial charge in [0.1, 0.15) is 17.0 Å². The van der Waals surface area contributed by atoms with E-state index in [1.807, 2.05) is 24.3 Å². The van der Waals surface area contributed by atoms with Crippen LogP contribution in [0.3, 0.4) is 0 Å². The number of aryl methyl sites for hydroxylation is 2. The summed E-state index contributed by atoms with van der Waals surface area (Å²) in [7, 11) is 0. The van der Waals surface area contributed by atoms with E-state index in [0.717, 1.165) is 16.7 Å². The van der Waals surface area contributed by atoms with Crippen molar-refractivity contribution in [2.24, 2.45) is 0 Å². The second-order valence-electron chi connectivity index (χ2n) is 7.44. The molecule has 0 aliphatic heterocycles. The van der Waals surface area contributed by atoms with Crippen LogP contribution in [0, 0.1) is 36.1 Å². The first-order valence-electron chi connectivity index (χ1n) is 9.80. The Morgan fingerprint density at radius 2 is 1.16 bits per heavy atom. The summed E-state index contributed by atoms with van der Waals surface area (Å²) in [5.41, 5.74) is 8.03. The van der Waals surface area contributed by atoms with Gasteiger partial charge >= 0.3 is 0 Å². The minimum absolute atomic E-state index is 0.271. The van der Waals surface area contributed by atoms with Gasteiger partial charge in [0.15, 0.2) is 0 Å². The third kappa shape index (κ3) is 4.38. The van der Waals surface area contributed by atoms with Gasteiger partial charge in [-0.1, -0.05) is 72.3 Å². The van der Waals surface area contributed by atoms with Crippen LogP contribution in [0.5, 0.6) is 0 Å². The summed E-state index contributed by atoms with van der Waals surface area (Å²) < 4.78 is 28.3. The summed E-state index contributed by atoms with van der Waals surface area (Å²) in [4.78, 5) is -0.271. The molecule has 0 aliphatic carbocycles. The highest BCUT2D eigenvalue weighted by Gasteiger charge is 2.13. The van der Waals surface area contributed by atoms with Gasteiger partial charge in [-0.25, -0.2) is 8.78 Å². The topological polar surface area (TPSA) is 23.8 Å². The minimum Gasteiger partial charge on any atom is -0.206 e. The Kier molecular flexibility index (Phi) is 5.88. The normalized spacial score (nSPS) is 10.7. The molecule has 4 aromatic rings. The van der Waals surface area contributed by atoms with Crippen molar-refractivity contribution >= 4 is 11.8 Å². The maximum absolute atomic E-state index is 14.2. The van der Waals surface area contributed by atoms with Crippen molar-refractivity contribution in [3.63, 3.8) is 0 Å². The molecule has 4 aromatic carbocycles. The Labute approximate surface area is 185 Å². The van der Waals surface area contributed by atoms with Gasteiger partial charge < -0.3 is 0 Å². The zero-order valence-electron chi connectivity index (χ0n) is 17.1. The van der Waals surface area contributed by atoms with Crippen molar-refractivity contribution in [3.8, 4) is 38.8 Å². The SMILES string of the molecule is Cc1ccc(-c2ccc(-c3ccc(-c4cc(F)c(SC#N)c(F)c4)cc3)c(C)c2)cc1. The minimum atomic E-state index is -0.729. The molecular weight excluding hydrogens is 408 g/mol. The van der Waals surface area contributed by atoms with Crippen LogP contribution in [0.2, 0.25) is 0 Å². The molecule has 152 valence electrons. The molecule has 0 amide bonds. The quantitative estimate of drug-likeness (QED) is 0.242. The second-order valence-corrected chi connectivity index (χ2v) is 8.23. The first kappa shape index (κ1) is 20.8. The second kappa shape index (κ2) is 8.75. The molecule has 31 heavy (non-hydrogen) atoms. The van der Waals surface area contributed by atoms with Crippen LogP contribution >= 0.6 is 11.8 Å². The molecule has 0 unspecified atom stereocenters. The third-order valence-electron chi connectivity index (χ3n) is 5.29. The first-order valence-corrected chi connectivity index (χ1v) is 10.6. The average Bonchev–Trinajstić information content (AvgIpc) is 2.77. The van der Waals surface area contributed by atoms with Crippen LogP contribution in [0.1, 0.15) is 11.1 Å². The van der Waals surface area contributed by atoms with Crippen LogP contribution in [-0.4, -0.2) is 0 Å². The van der Waals surface area contributed by atoms with Gasteiger partial charge in [-0.3, -0.25) is 0 Å². The number of hydrogen-bond donors (Lipinski definition) is 0. The van der Waals surface area contributed by atoms with Crippen LogP contribution in [0.25, 0.3) is 33.4 Å². The predicted octanol–water partition coefficient (Wildman–Crippen LogP) is 8.16. The van der Waals surface area contributed by atoms with E-state index in [1.54, 1.807) is 5.40 Å². The number of nitrogens with zero attached hydrogens (tertiary/aromatic N) is 1. The van der Waals surface area contributed by atoms with E-state index in [-0.39, 0.29) is 4.90 Å². The lowest BCUT2D eigenvalue weighted by atomic mass is 9.94. The van der Waals surface area contributed by atoms with Gasteiger partial charge in [-0.05, 0) is 76.7 Å². The summed E-state index contributed by atoms with van der Waals surface area (Å²) in [5.74, 6) is -1.46. The van der Waals surface area contributed by atoms with Gasteiger partial charge in [0.25, 0.3) is 0 Å². The fourth-order valence-corrected chi connectivity index (χ4v) is 4.03. The lowest BCUT2D eigenvalue weighted by molar-refractivity contribution is 0.542. The molecule has 4 rings (SSSR count). The van der Waals surface area contributed by atoms with E-state index in [0.29, 0.717) is 22.9 Å². The van der Waals surface area contributed by atoms with Crippen molar-refractivity contribution in [2.45, 2.75) is 18.7 Å². The number of nitriles is 1. The largest absolute Gasteiger partial charge is 0.206 e. The molecule has 0 heterocycles. The van der Waals surface area contributed by atoms with E-state index in [2.05, 4.69) is 56.3 Å². The molecule has 0 atom stereocenters. The maximum Gasteiger partial charge on any atom is 0.141 e. The van der Waals surface area contributed by atoms with Crippen LogP contribution in [0.4, 0.5) is 8.78 Å².